The Balaban J connectivity index is 1.48. The highest BCUT2D eigenvalue weighted by Gasteiger charge is 2.10. The molecule has 2 aromatic rings. The zero-order chi connectivity index (χ0) is 21.9. The number of amides is 1. The van der Waals surface area contributed by atoms with Crippen molar-refractivity contribution in [3.05, 3.63) is 83.5 Å². The van der Waals surface area contributed by atoms with E-state index in [2.05, 4.69) is 17.3 Å². The fourth-order valence-electron chi connectivity index (χ4n) is 3.15. The van der Waals surface area contributed by atoms with Crippen LogP contribution in [-0.4, -0.2) is 25.3 Å². The molecule has 2 aromatic carbocycles. The van der Waals surface area contributed by atoms with E-state index >= 15 is 0 Å². The lowest BCUT2D eigenvalue weighted by Gasteiger charge is -2.13. The molecule has 0 unspecified atom stereocenters. The lowest BCUT2D eigenvalue weighted by atomic mass is 10.0. The normalized spacial score (nSPS) is 13.5. The number of carbonyl (C=O) groups excluding carboxylic acids is 1. The van der Waals surface area contributed by atoms with Crippen LogP contribution in [0, 0.1) is 0 Å². The number of benzene rings is 2. The minimum atomic E-state index is -0.293. The summed E-state index contributed by atoms with van der Waals surface area (Å²) in [5.74, 6) is 1.25. The quantitative estimate of drug-likeness (QED) is 0.433. The van der Waals surface area contributed by atoms with Gasteiger partial charge in [-0.1, -0.05) is 47.6 Å². The Bertz CT molecular complexity index is 944. The van der Waals surface area contributed by atoms with Crippen molar-refractivity contribution in [3.63, 3.8) is 0 Å². The molecule has 6 heteroatoms. The van der Waals surface area contributed by atoms with Gasteiger partial charge >= 0.3 is 0 Å². The molecule has 6 nitrogen and oxygen atoms in total. The van der Waals surface area contributed by atoms with E-state index in [1.165, 1.54) is 0 Å². The molecule has 31 heavy (non-hydrogen) atoms. The number of hydrogen-bond acceptors (Lipinski definition) is 5. The van der Waals surface area contributed by atoms with E-state index in [-0.39, 0.29) is 5.91 Å². The highest BCUT2D eigenvalue weighted by Crippen LogP contribution is 2.19. The zero-order valence-corrected chi connectivity index (χ0v) is 17.8. The molecule has 0 bridgehead atoms. The summed E-state index contributed by atoms with van der Waals surface area (Å²) >= 11 is 0. The molecular formula is C25H28N2O4. The fraction of sp³-hybridized carbons (Fsp3) is 0.280. The lowest BCUT2D eigenvalue weighted by molar-refractivity contribution is -0.117. The Morgan fingerprint density at radius 1 is 1.00 bits per heavy atom. The summed E-state index contributed by atoms with van der Waals surface area (Å²) in [7, 11) is 1.54. The van der Waals surface area contributed by atoms with Gasteiger partial charge in [-0.3, -0.25) is 4.79 Å². The van der Waals surface area contributed by atoms with Crippen molar-refractivity contribution < 1.29 is 19.1 Å². The second-order valence-corrected chi connectivity index (χ2v) is 7.21. The fourth-order valence-corrected chi connectivity index (χ4v) is 3.15. The Morgan fingerprint density at radius 3 is 2.29 bits per heavy atom. The van der Waals surface area contributed by atoms with Crippen LogP contribution in [0.2, 0.25) is 0 Å². The van der Waals surface area contributed by atoms with E-state index in [1.807, 2.05) is 54.6 Å². The Morgan fingerprint density at radius 2 is 1.68 bits per heavy atom. The number of nitrogens with zero attached hydrogens (tertiary/aromatic N) is 1. The maximum atomic E-state index is 10.9. The second kappa shape index (κ2) is 11.6. The van der Waals surface area contributed by atoms with Gasteiger partial charge in [0.2, 0.25) is 5.91 Å². The number of primary amides is 1. The molecule has 0 radical (unpaired) electrons. The minimum absolute atomic E-state index is 0.293. The van der Waals surface area contributed by atoms with Gasteiger partial charge in [-0.25, -0.2) is 0 Å². The summed E-state index contributed by atoms with van der Waals surface area (Å²) in [5.41, 5.74) is 9.22. The van der Waals surface area contributed by atoms with Gasteiger partial charge < -0.3 is 20.0 Å². The molecule has 0 atom stereocenters. The average molecular weight is 421 g/mol. The molecule has 0 aliphatic heterocycles. The standard InChI is InChI=1S/C25H28N2O4/c1-29-27-24(21-5-3-2-4-6-21)18-31-23-14-9-20(10-15-23)17-30-22-12-7-19(8-13-22)11-16-25(26)28/h2-3,5,7-10,12-15H,4,6,11,16-18H2,1H3,(H2,26,28). The number of nitrogens with two attached hydrogens (primary N) is 1. The van der Waals surface area contributed by atoms with E-state index in [9.17, 15) is 4.79 Å². The van der Waals surface area contributed by atoms with Crippen LogP contribution >= 0.6 is 0 Å². The number of ether oxygens (including phenoxy) is 2. The van der Waals surface area contributed by atoms with Crippen LogP contribution in [0.15, 0.2) is 77.5 Å². The molecule has 1 aliphatic carbocycles. The topological polar surface area (TPSA) is 83.1 Å². The van der Waals surface area contributed by atoms with Gasteiger partial charge in [0.15, 0.2) is 0 Å². The van der Waals surface area contributed by atoms with Gasteiger partial charge in [-0.05, 0) is 60.2 Å². The van der Waals surface area contributed by atoms with Crippen molar-refractivity contribution >= 4 is 11.6 Å². The Kier molecular flexibility index (Phi) is 8.29. The van der Waals surface area contributed by atoms with Crippen LogP contribution in [0.1, 0.15) is 30.4 Å². The van der Waals surface area contributed by atoms with Crippen molar-refractivity contribution in [2.75, 3.05) is 13.7 Å². The van der Waals surface area contributed by atoms with E-state index in [4.69, 9.17) is 20.0 Å². The predicted octanol–water partition coefficient (Wildman–Crippen LogP) is 4.34. The third kappa shape index (κ3) is 7.33. The molecule has 0 fully saturated rings. The zero-order valence-electron chi connectivity index (χ0n) is 17.8. The first-order valence-electron chi connectivity index (χ1n) is 10.3. The Labute approximate surface area is 183 Å². The first-order chi connectivity index (χ1) is 15.1. The molecule has 0 heterocycles. The van der Waals surface area contributed by atoms with Crippen LogP contribution in [0.3, 0.4) is 0 Å². The van der Waals surface area contributed by atoms with E-state index in [0.29, 0.717) is 26.1 Å². The largest absolute Gasteiger partial charge is 0.489 e. The van der Waals surface area contributed by atoms with Crippen LogP contribution in [-0.2, 0) is 22.7 Å². The molecule has 1 amide bonds. The van der Waals surface area contributed by atoms with Crippen LogP contribution in [0.25, 0.3) is 0 Å². The number of rotatable bonds is 11. The van der Waals surface area contributed by atoms with Crippen molar-refractivity contribution in [2.45, 2.75) is 32.3 Å². The monoisotopic (exact) mass is 420 g/mol. The molecule has 0 saturated carbocycles. The van der Waals surface area contributed by atoms with Crippen LogP contribution in [0.5, 0.6) is 11.5 Å². The predicted molar refractivity (Wildman–Crippen MR) is 121 cm³/mol. The van der Waals surface area contributed by atoms with Gasteiger partial charge in [-0.15, -0.1) is 0 Å². The highest BCUT2D eigenvalue weighted by molar-refractivity contribution is 6.01. The van der Waals surface area contributed by atoms with E-state index < -0.39 is 0 Å². The lowest BCUT2D eigenvalue weighted by Crippen LogP contribution is -2.15. The number of carbonyl (C=O) groups is 1. The maximum Gasteiger partial charge on any atom is 0.217 e. The summed E-state index contributed by atoms with van der Waals surface area (Å²) < 4.78 is 11.7. The van der Waals surface area contributed by atoms with Crippen LogP contribution < -0.4 is 15.2 Å². The summed E-state index contributed by atoms with van der Waals surface area (Å²) in [5, 5.41) is 4.12. The molecule has 2 N–H and O–H groups in total. The van der Waals surface area contributed by atoms with E-state index in [0.717, 1.165) is 46.8 Å². The number of allylic oxidation sites excluding steroid dienone is 3. The van der Waals surface area contributed by atoms with Gasteiger partial charge in [0.1, 0.15) is 37.5 Å². The minimum Gasteiger partial charge on any atom is -0.489 e. The molecule has 162 valence electrons. The highest BCUT2D eigenvalue weighted by atomic mass is 16.6. The SMILES string of the molecule is CON=C(COc1ccc(COc2ccc(CCC(N)=O)cc2)cc1)C1=CC=CCC1. The van der Waals surface area contributed by atoms with Gasteiger partial charge in [0.05, 0.1) is 0 Å². The summed E-state index contributed by atoms with van der Waals surface area (Å²) in [6, 6.07) is 15.5. The van der Waals surface area contributed by atoms with Gasteiger partial charge in [0, 0.05) is 6.42 Å². The first kappa shape index (κ1) is 22.2. The molecule has 0 spiro atoms. The number of oxime groups is 1. The van der Waals surface area contributed by atoms with Crippen LogP contribution in [0.4, 0.5) is 0 Å². The van der Waals surface area contributed by atoms with Gasteiger partial charge in [0.25, 0.3) is 0 Å². The van der Waals surface area contributed by atoms with Crippen molar-refractivity contribution in [1.82, 2.24) is 0 Å². The van der Waals surface area contributed by atoms with Gasteiger partial charge in [-0.2, -0.15) is 0 Å². The molecule has 3 rings (SSSR count). The average Bonchev–Trinajstić information content (AvgIpc) is 2.81. The molecule has 0 saturated heterocycles. The third-order valence-electron chi connectivity index (χ3n) is 4.87. The third-order valence-corrected chi connectivity index (χ3v) is 4.87. The van der Waals surface area contributed by atoms with Crippen molar-refractivity contribution in [1.29, 1.82) is 0 Å². The summed E-state index contributed by atoms with van der Waals surface area (Å²) in [4.78, 5) is 15.8. The van der Waals surface area contributed by atoms with E-state index in [1.54, 1.807) is 7.11 Å². The van der Waals surface area contributed by atoms with Crippen molar-refractivity contribution in [3.8, 4) is 11.5 Å². The first-order valence-corrected chi connectivity index (χ1v) is 10.3. The molecule has 1 aliphatic rings. The van der Waals surface area contributed by atoms with Crippen molar-refractivity contribution in [2.24, 2.45) is 10.9 Å². The molecular weight excluding hydrogens is 392 g/mol. The smallest absolute Gasteiger partial charge is 0.217 e. The summed E-state index contributed by atoms with van der Waals surface area (Å²) in [6.45, 7) is 0.808. The number of hydrogen-bond donors (Lipinski definition) is 1. The molecule has 0 aromatic heterocycles. The number of aryl methyl sites for hydroxylation is 1. The second-order valence-electron chi connectivity index (χ2n) is 7.21. The summed E-state index contributed by atoms with van der Waals surface area (Å²) in [6.07, 6.45) is 9.14. The Hall–Kier alpha value is -3.54. The maximum absolute atomic E-state index is 10.9.